The molecule has 0 spiro atoms. The first kappa shape index (κ1) is 20.8. The first-order chi connectivity index (χ1) is 13.0. The Morgan fingerprint density at radius 3 is 2.74 bits per heavy atom. The lowest BCUT2D eigenvalue weighted by molar-refractivity contribution is -0.148. The third-order valence-electron chi connectivity index (χ3n) is 3.90. The maximum Gasteiger partial charge on any atom is 0.308 e. The Bertz CT molecular complexity index is 683. The van der Waals surface area contributed by atoms with E-state index in [1.165, 1.54) is 0 Å². The largest absolute Gasteiger partial charge is 0.463 e. The minimum absolute atomic E-state index is 0.103. The third-order valence-corrected chi connectivity index (χ3v) is 4.24. The Balaban J connectivity index is 1.95. The molecule has 0 saturated carbocycles. The number of carbonyl (C=O) groups is 3. The highest BCUT2D eigenvalue weighted by Crippen LogP contribution is 2.11. The highest BCUT2D eigenvalue weighted by atomic mass is 32.1. The number of ether oxygens (including phenoxy) is 2. The number of nitrogens with zero attached hydrogens (tertiary/aromatic N) is 1. The number of thiocarbonyl (C=S) groups is 1. The summed E-state index contributed by atoms with van der Waals surface area (Å²) in [5.41, 5.74) is 0.452. The molecule has 1 atom stereocenters. The summed E-state index contributed by atoms with van der Waals surface area (Å²) in [6.45, 7) is 3.56. The number of piperazine rings is 1. The molecule has 1 heterocycles. The van der Waals surface area contributed by atoms with E-state index in [0.29, 0.717) is 31.9 Å². The summed E-state index contributed by atoms with van der Waals surface area (Å²) < 4.78 is 10.2. The zero-order valence-electron chi connectivity index (χ0n) is 15.1. The summed E-state index contributed by atoms with van der Waals surface area (Å²) in [5, 5.41) is 5.42. The molecule has 146 valence electrons. The van der Waals surface area contributed by atoms with Crippen molar-refractivity contribution < 1.29 is 23.9 Å². The van der Waals surface area contributed by atoms with Gasteiger partial charge in [0, 0.05) is 25.3 Å². The van der Waals surface area contributed by atoms with Crippen molar-refractivity contribution in [3.63, 3.8) is 0 Å². The molecule has 0 bridgehead atoms. The molecular formula is C18H23N3O5S. The van der Waals surface area contributed by atoms with Gasteiger partial charge >= 0.3 is 5.97 Å². The molecule has 2 amide bonds. The Kier molecular flexibility index (Phi) is 8.15. The van der Waals surface area contributed by atoms with E-state index in [-0.39, 0.29) is 30.0 Å². The number of amides is 2. The monoisotopic (exact) mass is 393 g/mol. The third kappa shape index (κ3) is 6.30. The van der Waals surface area contributed by atoms with Crippen LogP contribution in [-0.2, 0) is 19.1 Å². The lowest BCUT2D eigenvalue weighted by Crippen LogP contribution is -2.60. The standard InChI is InChI=1S/C18H23N3O5S/c1-2-25-10-11-26-15(22)12-14-17(24)19-8-9-21(14)18(27)20-16(23)13-6-4-3-5-7-13/h3-7,14H,2,8-12H2,1H3,(H,19,24)(H,20,23,27). The summed E-state index contributed by atoms with van der Waals surface area (Å²) in [7, 11) is 0. The Hall–Kier alpha value is -2.52. The second kappa shape index (κ2) is 10.6. The van der Waals surface area contributed by atoms with E-state index >= 15 is 0 Å². The zero-order valence-corrected chi connectivity index (χ0v) is 15.9. The van der Waals surface area contributed by atoms with Crippen molar-refractivity contribution >= 4 is 35.1 Å². The molecule has 1 unspecified atom stereocenters. The van der Waals surface area contributed by atoms with Gasteiger partial charge in [-0.3, -0.25) is 19.7 Å². The van der Waals surface area contributed by atoms with Crippen LogP contribution in [0.2, 0.25) is 0 Å². The molecule has 0 radical (unpaired) electrons. The van der Waals surface area contributed by atoms with Gasteiger partial charge in [0.25, 0.3) is 5.91 Å². The van der Waals surface area contributed by atoms with Crippen molar-refractivity contribution in [1.29, 1.82) is 0 Å². The molecular weight excluding hydrogens is 370 g/mol. The molecule has 0 aromatic heterocycles. The molecule has 2 rings (SSSR count). The molecule has 1 aromatic rings. The topological polar surface area (TPSA) is 97.0 Å². The van der Waals surface area contributed by atoms with Gasteiger partial charge in [0.15, 0.2) is 5.11 Å². The van der Waals surface area contributed by atoms with Crippen LogP contribution in [0.4, 0.5) is 0 Å². The van der Waals surface area contributed by atoms with E-state index in [4.69, 9.17) is 21.7 Å². The van der Waals surface area contributed by atoms with Crippen molar-refractivity contribution in [3.05, 3.63) is 35.9 Å². The van der Waals surface area contributed by atoms with Gasteiger partial charge in [-0.1, -0.05) is 18.2 Å². The maximum absolute atomic E-state index is 12.3. The van der Waals surface area contributed by atoms with E-state index in [2.05, 4.69) is 10.6 Å². The van der Waals surface area contributed by atoms with Crippen LogP contribution in [0.5, 0.6) is 0 Å². The van der Waals surface area contributed by atoms with Crippen molar-refractivity contribution in [2.75, 3.05) is 32.9 Å². The van der Waals surface area contributed by atoms with Gasteiger partial charge in [-0.2, -0.15) is 0 Å². The number of rotatable bonds is 7. The quantitative estimate of drug-likeness (QED) is 0.395. The van der Waals surface area contributed by atoms with E-state index in [9.17, 15) is 14.4 Å². The van der Waals surface area contributed by atoms with E-state index in [0.717, 1.165) is 0 Å². The lowest BCUT2D eigenvalue weighted by Gasteiger charge is -2.36. The second-order valence-electron chi connectivity index (χ2n) is 5.75. The lowest BCUT2D eigenvalue weighted by atomic mass is 10.1. The predicted molar refractivity (Wildman–Crippen MR) is 102 cm³/mol. The van der Waals surface area contributed by atoms with Crippen molar-refractivity contribution in [3.8, 4) is 0 Å². The number of esters is 1. The number of hydrogen-bond acceptors (Lipinski definition) is 6. The highest BCUT2D eigenvalue weighted by Gasteiger charge is 2.34. The molecule has 2 N–H and O–H groups in total. The molecule has 0 aliphatic carbocycles. The van der Waals surface area contributed by atoms with Crippen LogP contribution in [0.25, 0.3) is 0 Å². The molecule has 1 saturated heterocycles. The van der Waals surface area contributed by atoms with Crippen LogP contribution in [0.3, 0.4) is 0 Å². The van der Waals surface area contributed by atoms with Gasteiger partial charge in [0.05, 0.1) is 13.0 Å². The van der Waals surface area contributed by atoms with Crippen LogP contribution in [0, 0.1) is 0 Å². The van der Waals surface area contributed by atoms with Crippen molar-refractivity contribution in [2.45, 2.75) is 19.4 Å². The predicted octanol–water partition coefficient (Wildman–Crippen LogP) is 0.472. The van der Waals surface area contributed by atoms with E-state index < -0.39 is 12.0 Å². The molecule has 9 heteroatoms. The Morgan fingerprint density at radius 1 is 1.30 bits per heavy atom. The smallest absolute Gasteiger partial charge is 0.308 e. The van der Waals surface area contributed by atoms with Gasteiger partial charge in [0.1, 0.15) is 12.6 Å². The fourth-order valence-corrected chi connectivity index (χ4v) is 2.88. The average Bonchev–Trinajstić information content (AvgIpc) is 2.67. The van der Waals surface area contributed by atoms with Gasteiger partial charge in [0.2, 0.25) is 5.91 Å². The first-order valence-electron chi connectivity index (χ1n) is 8.71. The minimum Gasteiger partial charge on any atom is -0.463 e. The first-order valence-corrected chi connectivity index (χ1v) is 9.11. The fourth-order valence-electron chi connectivity index (χ4n) is 2.57. The highest BCUT2D eigenvalue weighted by molar-refractivity contribution is 7.80. The molecule has 8 nitrogen and oxygen atoms in total. The van der Waals surface area contributed by atoms with Crippen LogP contribution in [0.15, 0.2) is 30.3 Å². The molecule has 1 aliphatic heterocycles. The summed E-state index contributed by atoms with van der Waals surface area (Å²) in [4.78, 5) is 38.1. The summed E-state index contributed by atoms with van der Waals surface area (Å²) in [6.07, 6.45) is -0.167. The zero-order chi connectivity index (χ0) is 19.6. The van der Waals surface area contributed by atoms with Gasteiger partial charge in [-0.25, -0.2) is 0 Å². The van der Waals surface area contributed by atoms with Crippen LogP contribution in [0.1, 0.15) is 23.7 Å². The molecule has 1 fully saturated rings. The maximum atomic E-state index is 12.3. The number of hydrogen-bond donors (Lipinski definition) is 2. The summed E-state index contributed by atoms with van der Waals surface area (Å²) in [5.74, 6) is -1.23. The summed E-state index contributed by atoms with van der Waals surface area (Å²) in [6, 6.07) is 7.78. The van der Waals surface area contributed by atoms with Gasteiger partial charge in [-0.05, 0) is 31.3 Å². The number of benzene rings is 1. The SMILES string of the molecule is CCOCCOC(=O)CC1C(=O)NCCN1C(=S)NC(=O)c1ccccc1. The molecule has 1 aromatic carbocycles. The Labute approximate surface area is 163 Å². The van der Waals surface area contributed by atoms with Crippen LogP contribution < -0.4 is 10.6 Å². The number of nitrogens with one attached hydrogen (secondary N) is 2. The average molecular weight is 393 g/mol. The van der Waals surface area contributed by atoms with Gasteiger partial charge in [-0.15, -0.1) is 0 Å². The molecule has 27 heavy (non-hydrogen) atoms. The fraction of sp³-hybridized carbons (Fsp3) is 0.444. The second-order valence-corrected chi connectivity index (χ2v) is 6.13. The normalized spacial score (nSPS) is 16.4. The van der Waals surface area contributed by atoms with Crippen molar-refractivity contribution in [2.24, 2.45) is 0 Å². The van der Waals surface area contributed by atoms with Crippen LogP contribution >= 0.6 is 12.2 Å². The minimum atomic E-state index is -0.832. The van der Waals surface area contributed by atoms with Gasteiger partial charge < -0.3 is 19.7 Å². The van der Waals surface area contributed by atoms with E-state index in [1.54, 1.807) is 35.2 Å². The number of carbonyl (C=O) groups excluding carboxylic acids is 3. The van der Waals surface area contributed by atoms with E-state index in [1.807, 2.05) is 6.92 Å². The summed E-state index contributed by atoms with van der Waals surface area (Å²) >= 11 is 5.30. The van der Waals surface area contributed by atoms with Crippen LogP contribution in [-0.4, -0.2) is 66.7 Å². The van der Waals surface area contributed by atoms with Crippen molar-refractivity contribution in [1.82, 2.24) is 15.5 Å². The molecule has 1 aliphatic rings. The Morgan fingerprint density at radius 2 is 2.04 bits per heavy atom.